The molecule has 0 aliphatic carbocycles. The summed E-state index contributed by atoms with van der Waals surface area (Å²) in [6, 6.07) is 13.4. The van der Waals surface area contributed by atoms with Gasteiger partial charge in [-0.25, -0.2) is 17.9 Å². The van der Waals surface area contributed by atoms with Crippen LogP contribution in [-0.2, 0) is 11.2 Å². The summed E-state index contributed by atoms with van der Waals surface area (Å²) in [6.45, 7) is 5.32. The highest BCUT2D eigenvalue weighted by Crippen LogP contribution is 2.38. The number of anilines is 1. The van der Waals surface area contributed by atoms with Gasteiger partial charge in [0.05, 0.1) is 24.7 Å². The van der Waals surface area contributed by atoms with Crippen molar-refractivity contribution in [2.24, 2.45) is 0 Å². The number of aromatic nitrogens is 1. The average Bonchev–Trinajstić information content (AvgIpc) is 3.03. The minimum absolute atomic E-state index is 0.0647. The number of nitrogens with zero attached hydrogens (tertiary/aromatic N) is 4. The van der Waals surface area contributed by atoms with Gasteiger partial charge in [0.1, 0.15) is 18.2 Å². The Kier molecular flexibility index (Phi) is 10.3. The van der Waals surface area contributed by atoms with Gasteiger partial charge in [-0.2, -0.15) is 0 Å². The molecule has 0 radical (unpaired) electrons. The number of rotatable bonds is 10. The summed E-state index contributed by atoms with van der Waals surface area (Å²) in [5, 5.41) is 2.76. The number of piperazine rings is 1. The van der Waals surface area contributed by atoms with E-state index in [4.69, 9.17) is 14.2 Å². The van der Waals surface area contributed by atoms with Crippen LogP contribution in [0.25, 0.3) is 10.9 Å². The van der Waals surface area contributed by atoms with E-state index >= 15 is 4.39 Å². The number of hydrogen-bond donors (Lipinski definition) is 2. The molecule has 10 nitrogen and oxygen atoms in total. The van der Waals surface area contributed by atoms with E-state index in [1.165, 1.54) is 36.4 Å². The van der Waals surface area contributed by atoms with Crippen LogP contribution < -0.4 is 23.8 Å². The van der Waals surface area contributed by atoms with Crippen molar-refractivity contribution in [2.45, 2.75) is 6.42 Å². The van der Waals surface area contributed by atoms with Crippen LogP contribution in [0.5, 0.6) is 23.0 Å². The Balaban J connectivity index is 1.24. The van der Waals surface area contributed by atoms with E-state index in [0.717, 1.165) is 43.1 Å². The number of amides is 3. The Morgan fingerprint density at radius 3 is 2.42 bits per heavy atom. The topological polar surface area (TPSA) is 96.5 Å². The molecule has 5 rings (SSSR count). The molecule has 1 aliphatic heterocycles. The molecule has 1 saturated heterocycles. The van der Waals surface area contributed by atoms with Crippen LogP contribution >= 0.6 is 12.8 Å². The Morgan fingerprint density at radius 2 is 1.71 bits per heavy atom. The largest absolute Gasteiger partial charge is 0.493 e. The zero-order valence-corrected chi connectivity index (χ0v) is 25.7. The van der Waals surface area contributed by atoms with Crippen LogP contribution in [0.2, 0.25) is 0 Å². The molecule has 0 unspecified atom stereocenters. The maximum Gasteiger partial charge on any atom is 0.338 e. The van der Waals surface area contributed by atoms with E-state index in [1.807, 2.05) is 0 Å². The number of hydrogen-bond acceptors (Lipinski definition) is 9. The Bertz CT molecular complexity index is 1670. The zero-order chi connectivity index (χ0) is 31.9. The summed E-state index contributed by atoms with van der Waals surface area (Å²) in [5.41, 5.74) is 1.16. The SMILES string of the molecule is COc1cc2c(Oc3ccc(N(S)C(=O)NC(=O)Cc4ccc(F)cc4)cc3F)ccnc2cc1OCCN1CCN(C)CC1. The molecule has 4 aromatic rings. The maximum atomic E-state index is 15.2. The molecule has 236 valence electrons. The molecule has 0 bridgehead atoms. The van der Waals surface area contributed by atoms with Gasteiger partial charge in [0.25, 0.3) is 0 Å². The van der Waals surface area contributed by atoms with Crippen LogP contribution in [0.4, 0.5) is 19.3 Å². The quantitative estimate of drug-likeness (QED) is 0.233. The second-order valence-corrected chi connectivity index (χ2v) is 10.9. The van der Waals surface area contributed by atoms with Crippen LogP contribution in [0.15, 0.2) is 66.9 Å². The van der Waals surface area contributed by atoms with E-state index in [0.29, 0.717) is 40.3 Å². The summed E-state index contributed by atoms with van der Waals surface area (Å²) in [7, 11) is 3.66. The lowest BCUT2D eigenvalue weighted by molar-refractivity contribution is -0.119. The first-order valence-electron chi connectivity index (χ1n) is 14.3. The summed E-state index contributed by atoms with van der Waals surface area (Å²) < 4.78 is 46.6. The third-order valence-corrected chi connectivity index (χ3v) is 7.76. The van der Waals surface area contributed by atoms with E-state index in [2.05, 4.69) is 40.0 Å². The number of imide groups is 1. The summed E-state index contributed by atoms with van der Waals surface area (Å²) in [4.78, 5) is 33.9. The highest BCUT2D eigenvalue weighted by atomic mass is 32.1. The van der Waals surface area contributed by atoms with Gasteiger partial charge in [0, 0.05) is 56.4 Å². The van der Waals surface area contributed by atoms with E-state index in [-0.39, 0.29) is 17.9 Å². The van der Waals surface area contributed by atoms with Gasteiger partial charge in [0.15, 0.2) is 23.1 Å². The van der Waals surface area contributed by atoms with E-state index in [1.54, 1.807) is 31.5 Å². The Labute approximate surface area is 265 Å². The van der Waals surface area contributed by atoms with Crippen molar-refractivity contribution in [1.82, 2.24) is 20.1 Å². The van der Waals surface area contributed by atoms with E-state index in [9.17, 15) is 14.0 Å². The minimum atomic E-state index is -0.882. The van der Waals surface area contributed by atoms with Crippen molar-refractivity contribution in [3.05, 3.63) is 84.1 Å². The minimum Gasteiger partial charge on any atom is -0.493 e. The van der Waals surface area contributed by atoms with Crippen molar-refractivity contribution in [2.75, 3.05) is 57.8 Å². The Hall–Kier alpha value is -4.46. The number of thiol groups is 1. The number of nitrogens with one attached hydrogen (secondary N) is 1. The summed E-state index contributed by atoms with van der Waals surface area (Å²) >= 11 is 4.12. The number of methoxy groups -OCH3 is 1. The predicted molar refractivity (Wildman–Crippen MR) is 169 cm³/mol. The molecular formula is C32H33F2N5O5S. The summed E-state index contributed by atoms with van der Waals surface area (Å²) in [6.07, 6.45) is 1.40. The molecule has 13 heteroatoms. The van der Waals surface area contributed by atoms with Gasteiger partial charge in [0.2, 0.25) is 5.91 Å². The maximum absolute atomic E-state index is 15.2. The fourth-order valence-electron chi connectivity index (χ4n) is 4.79. The molecular weight excluding hydrogens is 604 g/mol. The lowest BCUT2D eigenvalue weighted by atomic mass is 10.1. The molecule has 3 aromatic carbocycles. The molecule has 3 amide bonds. The highest BCUT2D eigenvalue weighted by Gasteiger charge is 2.19. The van der Waals surface area contributed by atoms with Gasteiger partial charge >= 0.3 is 6.03 Å². The van der Waals surface area contributed by atoms with Crippen molar-refractivity contribution < 1.29 is 32.6 Å². The second-order valence-electron chi connectivity index (χ2n) is 10.5. The number of ether oxygens (including phenoxy) is 3. The lowest BCUT2D eigenvalue weighted by Gasteiger charge is -2.32. The molecule has 1 fully saturated rings. The lowest BCUT2D eigenvalue weighted by Crippen LogP contribution is -2.45. The van der Waals surface area contributed by atoms with Gasteiger partial charge in [-0.15, -0.1) is 0 Å². The van der Waals surface area contributed by atoms with Gasteiger partial charge in [-0.05, 0) is 49.0 Å². The number of fused-ring (bicyclic) bond motifs is 1. The number of halogens is 2. The number of likely N-dealkylation sites (N-methyl/N-ethyl adjacent to an activating group) is 1. The standard InChI is InChI=1S/C32H33F2N5O5S/c1-37-11-13-38(14-12-37)15-16-43-30-20-26-24(19-29(30)42-2)27(9-10-35-26)44-28-8-7-23(18-25(28)34)39(45)32(41)36-31(40)17-21-3-5-22(33)6-4-21/h3-10,18-20,45H,11-17H2,1-2H3,(H,36,40,41). The number of urea groups is 1. The van der Waals surface area contributed by atoms with Crippen LogP contribution in [-0.4, -0.2) is 80.2 Å². The van der Waals surface area contributed by atoms with Crippen molar-refractivity contribution in [3.8, 4) is 23.0 Å². The molecule has 1 aromatic heterocycles. The number of carbonyl (C=O) groups is 2. The first-order valence-corrected chi connectivity index (χ1v) is 14.7. The first kappa shape index (κ1) is 31.9. The predicted octanol–water partition coefficient (Wildman–Crippen LogP) is 5.07. The van der Waals surface area contributed by atoms with Crippen LogP contribution in [0.3, 0.4) is 0 Å². The number of pyridine rings is 1. The van der Waals surface area contributed by atoms with E-state index < -0.39 is 23.6 Å². The molecule has 45 heavy (non-hydrogen) atoms. The molecule has 0 atom stereocenters. The van der Waals surface area contributed by atoms with Gasteiger partial charge in [-0.1, -0.05) is 24.9 Å². The third kappa shape index (κ3) is 8.18. The molecule has 2 heterocycles. The normalized spacial score (nSPS) is 13.8. The monoisotopic (exact) mass is 637 g/mol. The smallest absolute Gasteiger partial charge is 0.338 e. The fraction of sp³-hybridized carbons (Fsp3) is 0.281. The molecule has 0 saturated carbocycles. The highest BCUT2D eigenvalue weighted by molar-refractivity contribution is 7.82. The summed E-state index contributed by atoms with van der Waals surface area (Å²) in [5.74, 6) is -0.572. The number of carbonyl (C=O) groups excluding carboxylic acids is 2. The second kappa shape index (κ2) is 14.5. The van der Waals surface area contributed by atoms with Crippen molar-refractivity contribution in [1.29, 1.82) is 0 Å². The molecule has 1 aliphatic rings. The van der Waals surface area contributed by atoms with Crippen LogP contribution in [0, 0.1) is 11.6 Å². The average molecular weight is 638 g/mol. The van der Waals surface area contributed by atoms with Crippen molar-refractivity contribution >= 4 is 41.3 Å². The number of benzene rings is 3. The molecule has 1 N–H and O–H groups in total. The van der Waals surface area contributed by atoms with Gasteiger partial charge in [-0.3, -0.25) is 20.0 Å². The Morgan fingerprint density at radius 1 is 0.956 bits per heavy atom. The first-order chi connectivity index (χ1) is 21.7. The van der Waals surface area contributed by atoms with Crippen molar-refractivity contribution in [3.63, 3.8) is 0 Å². The fourth-order valence-corrected chi connectivity index (χ4v) is 4.96. The third-order valence-electron chi connectivity index (χ3n) is 7.34. The van der Waals surface area contributed by atoms with Gasteiger partial charge < -0.3 is 19.1 Å². The zero-order valence-electron chi connectivity index (χ0n) is 24.8. The molecule has 0 spiro atoms. The van der Waals surface area contributed by atoms with Crippen LogP contribution in [0.1, 0.15) is 5.56 Å².